The van der Waals surface area contributed by atoms with Gasteiger partial charge in [-0.3, -0.25) is 9.48 Å². The molecule has 1 aromatic rings. The predicted octanol–water partition coefficient (Wildman–Crippen LogP) is 2.39. The molecule has 0 aliphatic rings. The van der Waals surface area contributed by atoms with E-state index in [2.05, 4.69) is 25.9 Å². The van der Waals surface area contributed by atoms with Crippen LogP contribution in [0.1, 0.15) is 45.3 Å². The number of ketones is 1. The van der Waals surface area contributed by atoms with Crippen molar-refractivity contribution in [1.82, 2.24) is 9.78 Å². The van der Waals surface area contributed by atoms with Gasteiger partial charge in [0.15, 0.2) is 0 Å². The lowest BCUT2D eigenvalue weighted by molar-refractivity contribution is -0.119. The van der Waals surface area contributed by atoms with Gasteiger partial charge < -0.3 is 4.74 Å². The Morgan fingerprint density at radius 1 is 1.47 bits per heavy atom. The van der Waals surface area contributed by atoms with Gasteiger partial charge in [0, 0.05) is 25.3 Å². The summed E-state index contributed by atoms with van der Waals surface area (Å²) in [6.07, 6.45) is 3.80. The van der Waals surface area contributed by atoms with E-state index in [0.717, 1.165) is 18.7 Å². The summed E-state index contributed by atoms with van der Waals surface area (Å²) in [6.45, 7) is 7.45. The fourth-order valence-electron chi connectivity index (χ4n) is 1.48. The smallest absolute Gasteiger partial charge is 0.141 e. The van der Waals surface area contributed by atoms with Crippen molar-refractivity contribution < 1.29 is 9.53 Å². The third-order valence-corrected chi connectivity index (χ3v) is 2.44. The van der Waals surface area contributed by atoms with Crippen LogP contribution in [0.2, 0.25) is 0 Å². The molecule has 0 unspecified atom stereocenters. The molecule has 0 N–H and O–H groups in total. The number of hydrogen-bond acceptors (Lipinski definition) is 3. The monoisotopic (exact) mass is 238 g/mol. The quantitative estimate of drug-likeness (QED) is 0.653. The van der Waals surface area contributed by atoms with Crippen LogP contribution in [-0.4, -0.2) is 28.8 Å². The van der Waals surface area contributed by atoms with Crippen LogP contribution >= 0.6 is 0 Å². The molecule has 0 aliphatic carbocycles. The number of carbonyl (C=O) groups excluding carboxylic acids is 1. The molecule has 0 spiro atoms. The van der Waals surface area contributed by atoms with Crippen LogP contribution < -0.4 is 0 Å². The summed E-state index contributed by atoms with van der Waals surface area (Å²) in [5.74, 6) is 0.190. The van der Waals surface area contributed by atoms with Crippen molar-refractivity contribution in [2.45, 2.75) is 46.1 Å². The molecule has 0 atom stereocenters. The summed E-state index contributed by atoms with van der Waals surface area (Å²) in [7, 11) is 0. The summed E-state index contributed by atoms with van der Waals surface area (Å²) < 4.78 is 7.16. The van der Waals surface area contributed by atoms with Crippen LogP contribution in [0.25, 0.3) is 0 Å². The van der Waals surface area contributed by atoms with Gasteiger partial charge in [-0.2, -0.15) is 5.10 Å². The van der Waals surface area contributed by atoms with E-state index in [9.17, 15) is 4.79 Å². The van der Waals surface area contributed by atoms with E-state index < -0.39 is 0 Å². The van der Waals surface area contributed by atoms with E-state index in [1.807, 2.05) is 16.9 Å². The number of carbonyl (C=O) groups is 1. The zero-order chi connectivity index (χ0) is 12.7. The molecule has 0 amide bonds. The SMILES string of the molecule is CCCOCCC(=O)Cc1ccn(C(C)C)n1. The molecule has 96 valence electrons. The summed E-state index contributed by atoms with van der Waals surface area (Å²) in [4.78, 5) is 11.6. The average molecular weight is 238 g/mol. The summed E-state index contributed by atoms with van der Waals surface area (Å²) in [5, 5.41) is 4.35. The first-order valence-corrected chi connectivity index (χ1v) is 6.27. The lowest BCUT2D eigenvalue weighted by Crippen LogP contribution is -2.09. The number of hydrogen-bond donors (Lipinski definition) is 0. The number of nitrogens with zero attached hydrogens (tertiary/aromatic N) is 2. The number of Topliss-reactive ketones (excluding diaryl/α,β-unsaturated/α-hetero) is 1. The molecule has 0 radical (unpaired) electrons. The van der Waals surface area contributed by atoms with Gasteiger partial charge >= 0.3 is 0 Å². The van der Waals surface area contributed by atoms with E-state index in [4.69, 9.17) is 4.74 Å². The van der Waals surface area contributed by atoms with Gasteiger partial charge in [-0.25, -0.2) is 0 Å². The highest BCUT2D eigenvalue weighted by Crippen LogP contribution is 2.05. The fraction of sp³-hybridized carbons (Fsp3) is 0.692. The number of aromatic nitrogens is 2. The summed E-state index contributed by atoms with van der Waals surface area (Å²) >= 11 is 0. The lowest BCUT2D eigenvalue weighted by atomic mass is 10.2. The van der Waals surface area contributed by atoms with Crippen LogP contribution in [-0.2, 0) is 16.0 Å². The minimum absolute atomic E-state index is 0.190. The Morgan fingerprint density at radius 3 is 2.82 bits per heavy atom. The Labute approximate surface area is 103 Å². The van der Waals surface area contributed by atoms with Gasteiger partial charge in [0.25, 0.3) is 0 Å². The van der Waals surface area contributed by atoms with E-state index in [1.165, 1.54) is 0 Å². The third kappa shape index (κ3) is 5.13. The molecule has 4 heteroatoms. The van der Waals surface area contributed by atoms with Crippen molar-refractivity contribution >= 4 is 5.78 Å². The van der Waals surface area contributed by atoms with Crippen LogP contribution in [0.4, 0.5) is 0 Å². The minimum Gasteiger partial charge on any atom is -0.381 e. The second kappa shape index (κ2) is 7.22. The molecule has 4 nitrogen and oxygen atoms in total. The van der Waals surface area contributed by atoms with E-state index in [-0.39, 0.29) is 5.78 Å². The largest absolute Gasteiger partial charge is 0.381 e. The molecule has 0 aliphatic heterocycles. The minimum atomic E-state index is 0.190. The first kappa shape index (κ1) is 13.9. The van der Waals surface area contributed by atoms with Crippen LogP contribution in [0.15, 0.2) is 12.3 Å². The molecule has 1 rings (SSSR count). The predicted molar refractivity (Wildman–Crippen MR) is 67.1 cm³/mol. The Morgan fingerprint density at radius 2 is 2.24 bits per heavy atom. The normalized spacial score (nSPS) is 11.1. The van der Waals surface area contributed by atoms with Gasteiger partial charge in [-0.15, -0.1) is 0 Å². The molecule has 17 heavy (non-hydrogen) atoms. The highest BCUT2D eigenvalue weighted by atomic mass is 16.5. The van der Waals surface area contributed by atoms with Gasteiger partial charge in [-0.05, 0) is 26.3 Å². The van der Waals surface area contributed by atoms with Crippen molar-refractivity contribution in [3.05, 3.63) is 18.0 Å². The second-order valence-corrected chi connectivity index (χ2v) is 4.46. The molecule has 0 saturated heterocycles. The highest BCUT2D eigenvalue weighted by Gasteiger charge is 2.07. The van der Waals surface area contributed by atoms with Crippen molar-refractivity contribution in [2.24, 2.45) is 0 Å². The van der Waals surface area contributed by atoms with E-state index in [1.54, 1.807) is 0 Å². The van der Waals surface area contributed by atoms with Crippen LogP contribution in [0.5, 0.6) is 0 Å². The van der Waals surface area contributed by atoms with Gasteiger partial charge in [-0.1, -0.05) is 6.92 Å². The first-order valence-electron chi connectivity index (χ1n) is 6.27. The lowest BCUT2D eigenvalue weighted by Gasteiger charge is -2.04. The molecule has 0 fully saturated rings. The van der Waals surface area contributed by atoms with Crippen molar-refractivity contribution in [1.29, 1.82) is 0 Å². The number of rotatable bonds is 8. The van der Waals surface area contributed by atoms with Crippen molar-refractivity contribution in [3.8, 4) is 0 Å². The Balaban J connectivity index is 2.29. The first-order chi connectivity index (χ1) is 8.13. The Bertz CT molecular complexity index is 345. The maximum Gasteiger partial charge on any atom is 0.141 e. The fourth-order valence-corrected chi connectivity index (χ4v) is 1.48. The Hall–Kier alpha value is -1.16. The average Bonchev–Trinajstić information content (AvgIpc) is 2.73. The molecule has 1 aromatic heterocycles. The molecule has 0 aromatic carbocycles. The van der Waals surface area contributed by atoms with E-state index in [0.29, 0.717) is 25.5 Å². The zero-order valence-corrected chi connectivity index (χ0v) is 11.0. The number of ether oxygens (including phenoxy) is 1. The zero-order valence-electron chi connectivity index (χ0n) is 11.0. The molecular formula is C13H22N2O2. The highest BCUT2D eigenvalue weighted by molar-refractivity contribution is 5.80. The standard InChI is InChI=1S/C13H22N2O2/c1-4-8-17-9-6-13(16)10-12-5-7-15(14-12)11(2)3/h5,7,11H,4,6,8-10H2,1-3H3. The third-order valence-electron chi connectivity index (χ3n) is 2.44. The molecular weight excluding hydrogens is 216 g/mol. The van der Waals surface area contributed by atoms with Crippen molar-refractivity contribution in [3.63, 3.8) is 0 Å². The van der Waals surface area contributed by atoms with E-state index >= 15 is 0 Å². The second-order valence-electron chi connectivity index (χ2n) is 4.46. The summed E-state index contributed by atoms with van der Waals surface area (Å²) in [6, 6.07) is 2.25. The maximum atomic E-state index is 11.6. The van der Waals surface area contributed by atoms with Crippen LogP contribution in [0, 0.1) is 0 Å². The van der Waals surface area contributed by atoms with Gasteiger partial charge in [0.2, 0.25) is 0 Å². The Kier molecular flexibility index (Phi) is 5.91. The van der Waals surface area contributed by atoms with Gasteiger partial charge in [0.1, 0.15) is 5.78 Å². The van der Waals surface area contributed by atoms with Crippen molar-refractivity contribution in [2.75, 3.05) is 13.2 Å². The molecule has 1 heterocycles. The maximum absolute atomic E-state index is 11.6. The molecule has 0 saturated carbocycles. The molecule has 0 bridgehead atoms. The summed E-state index contributed by atoms with van der Waals surface area (Å²) in [5.41, 5.74) is 0.846. The topological polar surface area (TPSA) is 44.1 Å². The van der Waals surface area contributed by atoms with Crippen LogP contribution in [0.3, 0.4) is 0 Å². The van der Waals surface area contributed by atoms with Gasteiger partial charge in [0.05, 0.1) is 18.7 Å².